The van der Waals surface area contributed by atoms with Crippen molar-refractivity contribution in [3.63, 3.8) is 0 Å². The van der Waals surface area contributed by atoms with E-state index in [1.165, 1.54) is 6.07 Å². The summed E-state index contributed by atoms with van der Waals surface area (Å²) in [5, 5.41) is 20.1. The molecule has 8 nitrogen and oxygen atoms in total. The highest BCUT2D eigenvalue weighted by molar-refractivity contribution is 5.46. The van der Waals surface area contributed by atoms with Crippen LogP contribution in [0.4, 0.5) is 17.3 Å². The zero-order valence-electron chi connectivity index (χ0n) is 9.67. The van der Waals surface area contributed by atoms with Gasteiger partial charge in [0.2, 0.25) is 0 Å². The Balaban J connectivity index is 2.09. The molecule has 0 saturated heterocycles. The summed E-state index contributed by atoms with van der Waals surface area (Å²) in [6.07, 6.45) is 1.61. The average molecular weight is 248 g/mol. The molecule has 0 spiro atoms. The van der Waals surface area contributed by atoms with Gasteiger partial charge in [-0.2, -0.15) is 5.10 Å². The predicted octanol–water partition coefficient (Wildman–Crippen LogP) is 1.22. The number of H-pyrrole nitrogens is 1. The van der Waals surface area contributed by atoms with Gasteiger partial charge in [-0.1, -0.05) is 0 Å². The van der Waals surface area contributed by atoms with E-state index in [4.69, 9.17) is 5.73 Å². The predicted molar refractivity (Wildman–Crippen MR) is 66.0 cm³/mol. The van der Waals surface area contributed by atoms with E-state index in [0.717, 1.165) is 5.56 Å². The van der Waals surface area contributed by atoms with Gasteiger partial charge in [-0.15, -0.1) is 0 Å². The van der Waals surface area contributed by atoms with Crippen molar-refractivity contribution >= 4 is 17.3 Å². The van der Waals surface area contributed by atoms with Gasteiger partial charge in [0.15, 0.2) is 0 Å². The number of nitrogens with two attached hydrogens (primary N) is 1. The number of aromatic amines is 1. The summed E-state index contributed by atoms with van der Waals surface area (Å²) in [5.41, 5.74) is 6.81. The zero-order chi connectivity index (χ0) is 13.1. The van der Waals surface area contributed by atoms with Crippen molar-refractivity contribution in [1.82, 2.24) is 15.2 Å². The minimum absolute atomic E-state index is 0.00313. The summed E-state index contributed by atoms with van der Waals surface area (Å²) in [4.78, 5) is 14.3. The summed E-state index contributed by atoms with van der Waals surface area (Å²) in [7, 11) is 0. The fourth-order valence-electron chi connectivity index (χ4n) is 1.49. The first-order chi connectivity index (χ1) is 8.58. The molecule has 2 rings (SSSR count). The molecule has 0 bridgehead atoms. The van der Waals surface area contributed by atoms with E-state index in [2.05, 4.69) is 20.5 Å². The molecule has 4 N–H and O–H groups in total. The van der Waals surface area contributed by atoms with Gasteiger partial charge in [0.25, 0.3) is 5.69 Å². The number of hydrogen-bond donors (Lipinski definition) is 3. The molecule has 0 aliphatic carbocycles. The van der Waals surface area contributed by atoms with E-state index in [1.807, 2.05) is 0 Å². The van der Waals surface area contributed by atoms with E-state index in [9.17, 15) is 10.1 Å². The summed E-state index contributed by atoms with van der Waals surface area (Å²) in [5.74, 6) is 1.04. The van der Waals surface area contributed by atoms with Crippen LogP contribution >= 0.6 is 0 Å². The normalized spacial score (nSPS) is 10.3. The standard InChI is InChI=1S/C10H12N6O2/c1-6-8(16(17)18)2-3-9(14-6)12-4-7-5-13-15-10(7)11/h2-3,5H,4H2,1H3,(H,12,14)(H3,11,13,15). The Labute approximate surface area is 102 Å². The Morgan fingerprint density at radius 3 is 2.89 bits per heavy atom. The molecule has 8 heteroatoms. The summed E-state index contributed by atoms with van der Waals surface area (Å²) < 4.78 is 0. The van der Waals surface area contributed by atoms with E-state index in [-0.39, 0.29) is 5.69 Å². The van der Waals surface area contributed by atoms with Crippen LogP contribution in [0, 0.1) is 17.0 Å². The summed E-state index contributed by atoms with van der Waals surface area (Å²) in [6, 6.07) is 2.98. The summed E-state index contributed by atoms with van der Waals surface area (Å²) in [6.45, 7) is 2.04. The van der Waals surface area contributed by atoms with Crippen molar-refractivity contribution in [1.29, 1.82) is 0 Å². The molecular formula is C10H12N6O2. The van der Waals surface area contributed by atoms with Gasteiger partial charge < -0.3 is 11.1 Å². The molecule has 18 heavy (non-hydrogen) atoms. The van der Waals surface area contributed by atoms with Crippen LogP contribution in [0.5, 0.6) is 0 Å². The van der Waals surface area contributed by atoms with E-state index in [0.29, 0.717) is 23.9 Å². The molecule has 0 aliphatic heterocycles. The van der Waals surface area contributed by atoms with Gasteiger partial charge in [0.05, 0.1) is 11.1 Å². The number of nitrogens with zero attached hydrogens (tertiary/aromatic N) is 3. The van der Waals surface area contributed by atoms with Gasteiger partial charge in [-0.3, -0.25) is 15.2 Å². The number of nitrogens with one attached hydrogen (secondary N) is 2. The molecule has 0 saturated carbocycles. The van der Waals surface area contributed by atoms with Crippen LogP contribution in [-0.4, -0.2) is 20.1 Å². The smallest absolute Gasteiger partial charge is 0.290 e. The number of rotatable bonds is 4. The van der Waals surface area contributed by atoms with Crippen LogP contribution in [0.15, 0.2) is 18.3 Å². The lowest BCUT2D eigenvalue weighted by molar-refractivity contribution is -0.385. The number of nitrogen functional groups attached to an aromatic ring is 1. The number of aryl methyl sites for hydroxylation is 1. The third kappa shape index (κ3) is 2.37. The number of nitro groups is 1. The van der Waals surface area contributed by atoms with Crippen molar-refractivity contribution < 1.29 is 4.92 Å². The Morgan fingerprint density at radius 2 is 2.33 bits per heavy atom. The molecule has 0 fully saturated rings. The first kappa shape index (κ1) is 11.8. The second kappa shape index (κ2) is 4.70. The first-order valence-electron chi connectivity index (χ1n) is 5.21. The van der Waals surface area contributed by atoms with Crippen molar-refractivity contribution in [3.8, 4) is 0 Å². The monoisotopic (exact) mass is 248 g/mol. The zero-order valence-corrected chi connectivity index (χ0v) is 9.67. The van der Waals surface area contributed by atoms with Crippen LogP contribution < -0.4 is 11.1 Å². The van der Waals surface area contributed by atoms with Gasteiger partial charge in [-0.05, 0) is 13.0 Å². The third-order valence-corrected chi connectivity index (χ3v) is 2.47. The van der Waals surface area contributed by atoms with Crippen LogP contribution in [0.2, 0.25) is 0 Å². The largest absolute Gasteiger partial charge is 0.384 e. The SMILES string of the molecule is Cc1nc(NCc2cn[nH]c2N)ccc1[N+](=O)[O-]. The Hall–Kier alpha value is -2.64. The fourth-order valence-corrected chi connectivity index (χ4v) is 1.49. The lowest BCUT2D eigenvalue weighted by Gasteiger charge is -2.05. The second-order valence-corrected chi connectivity index (χ2v) is 3.72. The first-order valence-corrected chi connectivity index (χ1v) is 5.21. The molecule has 2 heterocycles. The Morgan fingerprint density at radius 1 is 1.56 bits per heavy atom. The molecule has 0 amide bonds. The van der Waals surface area contributed by atoms with Gasteiger partial charge in [0, 0.05) is 18.2 Å². The van der Waals surface area contributed by atoms with Crippen LogP contribution in [-0.2, 0) is 6.54 Å². The highest BCUT2D eigenvalue weighted by Gasteiger charge is 2.11. The maximum absolute atomic E-state index is 10.6. The van der Waals surface area contributed by atoms with Gasteiger partial charge in [-0.25, -0.2) is 4.98 Å². The van der Waals surface area contributed by atoms with Crippen LogP contribution in [0.25, 0.3) is 0 Å². The highest BCUT2D eigenvalue weighted by Crippen LogP contribution is 2.18. The van der Waals surface area contributed by atoms with Crippen molar-refractivity contribution in [2.45, 2.75) is 13.5 Å². The van der Waals surface area contributed by atoms with Crippen molar-refractivity contribution in [2.75, 3.05) is 11.1 Å². The van der Waals surface area contributed by atoms with E-state index >= 15 is 0 Å². The molecule has 0 radical (unpaired) electrons. The maximum Gasteiger partial charge on any atom is 0.290 e. The topological polar surface area (TPSA) is 123 Å². The van der Waals surface area contributed by atoms with Gasteiger partial charge >= 0.3 is 0 Å². The minimum atomic E-state index is -0.458. The van der Waals surface area contributed by atoms with Gasteiger partial charge in [0.1, 0.15) is 17.3 Å². The lowest BCUT2D eigenvalue weighted by Crippen LogP contribution is -2.04. The molecule has 0 atom stereocenters. The molecule has 0 aliphatic rings. The molecule has 0 unspecified atom stereocenters. The number of aromatic nitrogens is 3. The fraction of sp³-hybridized carbons (Fsp3) is 0.200. The van der Waals surface area contributed by atoms with Crippen molar-refractivity contribution in [3.05, 3.63) is 39.7 Å². The maximum atomic E-state index is 10.6. The average Bonchev–Trinajstić information content (AvgIpc) is 2.72. The molecule has 0 aromatic carbocycles. The molecular weight excluding hydrogens is 236 g/mol. The van der Waals surface area contributed by atoms with E-state index < -0.39 is 4.92 Å². The Kier molecular flexibility index (Phi) is 3.09. The Bertz CT molecular complexity index is 579. The molecule has 94 valence electrons. The van der Waals surface area contributed by atoms with Crippen LogP contribution in [0.1, 0.15) is 11.3 Å². The number of pyridine rings is 1. The minimum Gasteiger partial charge on any atom is -0.384 e. The highest BCUT2D eigenvalue weighted by atomic mass is 16.6. The second-order valence-electron chi connectivity index (χ2n) is 3.72. The quantitative estimate of drug-likeness (QED) is 0.552. The number of hydrogen-bond acceptors (Lipinski definition) is 6. The van der Waals surface area contributed by atoms with Crippen molar-refractivity contribution in [2.24, 2.45) is 0 Å². The summed E-state index contributed by atoms with van der Waals surface area (Å²) >= 11 is 0. The lowest BCUT2D eigenvalue weighted by atomic mass is 10.3. The van der Waals surface area contributed by atoms with Crippen LogP contribution in [0.3, 0.4) is 0 Å². The van der Waals surface area contributed by atoms with E-state index in [1.54, 1.807) is 19.2 Å². The number of anilines is 2. The third-order valence-electron chi connectivity index (χ3n) is 2.47. The molecule has 2 aromatic heterocycles. The molecule has 2 aromatic rings.